The lowest BCUT2D eigenvalue weighted by Crippen LogP contribution is -2.48. The smallest absolute Gasteiger partial charge is 0.309 e. The number of esters is 1. The molecule has 1 heterocycles. The van der Waals surface area contributed by atoms with E-state index >= 15 is 0 Å². The van der Waals surface area contributed by atoms with Crippen molar-refractivity contribution < 1.29 is 24.9 Å². The van der Waals surface area contributed by atoms with Gasteiger partial charge in [-0.15, -0.1) is 0 Å². The summed E-state index contributed by atoms with van der Waals surface area (Å²) < 4.78 is 5.53. The fourth-order valence-corrected chi connectivity index (χ4v) is 4.84. The number of aliphatic hydroxyl groups excluding tert-OH is 1. The molecule has 5 nitrogen and oxygen atoms in total. The first kappa shape index (κ1) is 14.3. The Bertz CT molecular complexity index is 430. The third kappa shape index (κ3) is 1.83. The summed E-state index contributed by atoms with van der Waals surface area (Å²) in [6.45, 7) is 5.25. The van der Waals surface area contributed by atoms with E-state index in [0.29, 0.717) is 12.8 Å². The number of ether oxygens (including phenoxy) is 1. The molecule has 0 aromatic rings. The van der Waals surface area contributed by atoms with Crippen LogP contribution < -0.4 is 0 Å². The standard InChI is InChI=1S/C15H24O5/c1-7-8-4-5-14(2,18)10-9(16)6-15(3,19)11(10)12(8)20-13(7)17/h7-12,16,18-19H,4-6H2,1-3H3/t7-,8-,9?,10?,11?,12-,14-,15?/m0/s1. The average molecular weight is 284 g/mol. The highest BCUT2D eigenvalue weighted by Crippen LogP contribution is 2.55. The SMILES string of the molecule is C[C@@H]1C(=O)O[C@@H]2C3C(C(O)CC3(C)O)[C@@](C)(O)CC[C@@H]12. The highest BCUT2D eigenvalue weighted by molar-refractivity contribution is 5.75. The number of rotatable bonds is 0. The number of aliphatic hydroxyl groups is 3. The van der Waals surface area contributed by atoms with Crippen LogP contribution in [0.1, 0.15) is 40.0 Å². The van der Waals surface area contributed by atoms with E-state index < -0.39 is 35.2 Å². The van der Waals surface area contributed by atoms with E-state index in [0.717, 1.165) is 0 Å². The number of hydrogen-bond acceptors (Lipinski definition) is 5. The maximum atomic E-state index is 11.9. The van der Waals surface area contributed by atoms with Gasteiger partial charge in [0.25, 0.3) is 0 Å². The molecule has 5 heteroatoms. The van der Waals surface area contributed by atoms with E-state index in [9.17, 15) is 20.1 Å². The molecule has 114 valence electrons. The fourth-order valence-electron chi connectivity index (χ4n) is 4.84. The Balaban J connectivity index is 2.05. The fraction of sp³-hybridized carbons (Fsp3) is 0.933. The number of fused-ring (bicyclic) bond motifs is 3. The van der Waals surface area contributed by atoms with Crippen molar-refractivity contribution in [1.29, 1.82) is 0 Å². The van der Waals surface area contributed by atoms with Crippen molar-refractivity contribution in [1.82, 2.24) is 0 Å². The molecule has 3 fully saturated rings. The van der Waals surface area contributed by atoms with E-state index in [2.05, 4.69) is 0 Å². The van der Waals surface area contributed by atoms with Crippen LogP contribution in [0.3, 0.4) is 0 Å². The highest BCUT2D eigenvalue weighted by Gasteiger charge is 2.64. The largest absolute Gasteiger partial charge is 0.461 e. The zero-order valence-corrected chi connectivity index (χ0v) is 12.2. The van der Waals surface area contributed by atoms with Crippen molar-refractivity contribution >= 4 is 5.97 Å². The van der Waals surface area contributed by atoms with Crippen molar-refractivity contribution in [3.63, 3.8) is 0 Å². The van der Waals surface area contributed by atoms with Gasteiger partial charge in [-0.2, -0.15) is 0 Å². The molecule has 3 rings (SSSR count). The Morgan fingerprint density at radius 1 is 1.20 bits per heavy atom. The predicted molar refractivity (Wildman–Crippen MR) is 70.6 cm³/mol. The number of hydrogen-bond donors (Lipinski definition) is 3. The van der Waals surface area contributed by atoms with Gasteiger partial charge in [-0.3, -0.25) is 4.79 Å². The quantitative estimate of drug-likeness (QED) is 0.562. The molecule has 1 saturated heterocycles. The van der Waals surface area contributed by atoms with Crippen LogP contribution in [0.5, 0.6) is 0 Å². The zero-order valence-electron chi connectivity index (χ0n) is 12.2. The van der Waals surface area contributed by atoms with E-state index in [1.165, 1.54) is 0 Å². The molecule has 1 aliphatic heterocycles. The molecule has 0 radical (unpaired) electrons. The Morgan fingerprint density at radius 3 is 2.50 bits per heavy atom. The molecule has 0 bridgehead atoms. The summed E-state index contributed by atoms with van der Waals surface area (Å²) in [4.78, 5) is 11.9. The van der Waals surface area contributed by atoms with Gasteiger partial charge in [0.2, 0.25) is 0 Å². The van der Waals surface area contributed by atoms with Gasteiger partial charge in [-0.05, 0) is 26.7 Å². The van der Waals surface area contributed by atoms with Gasteiger partial charge in [0.1, 0.15) is 6.10 Å². The van der Waals surface area contributed by atoms with Crippen LogP contribution in [-0.2, 0) is 9.53 Å². The zero-order chi connectivity index (χ0) is 14.9. The summed E-state index contributed by atoms with van der Waals surface area (Å²) in [5, 5.41) is 31.7. The maximum Gasteiger partial charge on any atom is 0.309 e. The molecule has 2 saturated carbocycles. The second-order valence-corrected chi connectivity index (χ2v) is 7.43. The van der Waals surface area contributed by atoms with Gasteiger partial charge < -0.3 is 20.1 Å². The lowest BCUT2D eigenvalue weighted by atomic mass is 9.74. The Morgan fingerprint density at radius 2 is 1.85 bits per heavy atom. The van der Waals surface area contributed by atoms with Crippen LogP contribution in [0.2, 0.25) is 0 Å². The van der Waals surface area contributed by atoms with E-state index in [1.807, 2.05) is 6.92 Å². The van der Waals surface area contributed by atoms with Crippen molar-refractivity contribution in [2.75, 3.05) is 0 Å². The summed E-state index contributed by atoms with van der Waals surface area (Å²) in [5.74, 6) is -1.28. The molecule has 0 amide bonds. The van der Waals surface area contributed by atoms with Gasteiger partial charge >= 0.3 is 5.97 Å². The lowest BCUT2D eigenvalue weighted by Gasteiger charge is -2.38. The lowest BCUT2D eigenvalue weighted by molar-refractivity contribution is -0.154. The molecule has 8 atom stereocenters. The third-order valence-electron chi connectivity index (χ3n) is 5.89. The molecular formula is C15H24O5. The van der Waals surface area contributed by atoms with Gasteiger partial charge in [0.05, 0.1) is 23.2 Å². The molecule has 0 aromatic heterocycles. The van der Waals surface area contributed by atoms with Crippen molar-refractivity contribution in [3.05, 3.63) is 0 Å². The van der Waals surface area contributed by atoms with E-state index in [4.69, 9.17) is 4.74 Å². The second kappa shape index (κ2) is 4.18. The summed E-state index contributed by atoms with van der Waals surface area (Å²) in [7, 11) is 0. The molecular weight excluding hydrogens is 260 g/mol. The summed E-state index contributed by atoms with van der Waals surface area (Å²) >= 11 is 0. The van der Waals surface area contributed by atoms with Crippen molar-refractivity contribution in [2.45, 2.75) is 63.4 Å². The van der Waals surface area contributed by atoms with Crippen LogP contribution in [0.15, 0.2) is 0 Å². The van der Waals surface area contributed by atoms with E-state index in [1.54, 1.807) is 13.8 Å². The van der Waals surface area contributed by atoms with Crippen LogP contribution >= 0.6 is 0 Å². The minimum Gasteiger partial charge on any atom is -0.461 e. The average Bonchev–Trinajstić information content (AvgIpc) is 2.66. The van der Waals surface area contributed by atoms with Gasteiger partial charge in [-0.1, -0.05) is 6.92 Å². The number of carbonyl (C=O) groups is 1. The monoisotopic (exact) mass is 284 g/mol. The molecule has 3 aliphatic rings. The second-order valence-electron chi connectivity index (χ2n) is 7.43. The van der Waals surface area contributed by atoms with Crippen molar-refractivity contribution in [2.24, 2.45) is 23.7 Å². The highest BCUT2D eigenvalue weighted by atomic mass is 16.6. The molecule has 0 spiro atoms. The summed E-state index contributed by atoms with van der Waals surface area (Å²) in [6, 6.07) is 0. The van der Waals surface area contributed by atoms with E-state index in [-0.39, 0.29) is 24.2 Å². The minimum atomic E-state index is -1.12. The van der Waals surface area contributed by atoms with Gasteiger partial charge in [0, 0.05) is 24.2 Å². The number of carbonyl (C=O) groups excluding carboxylic acids is 1. The van der Waals surface area contributed by atoms with Crippen molar-refractivity contribution in [3.8, 4) is 0 Å². The first-order chi connectivity index (χ1) is 9.15. The normalized spacial score (nSPS) is 58.8. The Kier molecular flexibility index (Phi) is 2.99. The topological polar surface area (TPSA) is 87.0 Å². The Labute approximate surface area is 118 Å². The first-order valence-electron chi connectivity index (χ1n) is 7.48. The predicted octanol–water partition coefficient (Wildman–Crippen LogP) is 0.457. The summed E-state index contributed by atoms with van der Waals surface area (Å²) in [6.07, 6.45) is 0.249. The van der Waals surface area contributed by atoms with Crippen LogP contribution in [-0.4, -0.2) is 44.7 Å². The molecule has 0 aromatic carbocycles. The summed E-state index contributed by atoms with van der Waals surface area (Å²) in [5.41, 5.74) is -2.16. The van der Waals surface area contributed by atoms with Crippen LogP contribution in [0.25, 0.3) is 0 Å². The molecule has 3 N–H and O–H groups in total. The first-order valence-corrected chi connectivity index (χ1v) is 7.48. The third-order valence-corrected chi connectivity index (χ3v) is 5.89. The van der Waals surface area contributed by atoms with Crippen LogP contribution in [0, 0.1) is 23.7 Å². The Hall–Kier alpha value is -0.650. The molecule has 20 heavy (non-hydrogen) atoms. The maximum absolute atomic E-state index is 11.9. The minimum absolute atomic E-state index is 0.0146. The van der Waals surface area contributed by atoms with Gasteiger partial charge in [0.15, 0.2) is 0 Å². The van der Waals surface area contributed by atoms with Crippen LogP contribution in [0.4, 0.5) is 0 Å². The molecule has 4 unspecified atom stereocenters. The molecule has 2 aliphatic carbocycles. The van der Waals surface area contributed by atoms with Gasteiger partial charge in [-0.25, -0.2) is 0 Å².